The van der Waals surface area contributed by atoms with Gasteiger partial charge in [-0.2, -0.15) is 0 Å². The van der Waals surface area contributed by atoms with Gasteiger partial charge >= 0.3 is 12.1 Å². The normalized spacial score (nSPS) is 11.0. The largest absolute Gasteiger partial charge is 0.506 e. The van der Waals surface area contributed by atoms with Gasteiger partial charge < -0.3 is 20.5 Å². The van der Waals surface area contributed by atoms with E-state index in [1.165, 1.54) is 4.80 Å². The Hall–Kier alpha value is -6.42. The number of fused-ring (bicyclic) bond motifs is 1. The second-order valence-corrected chi connectivity index (χ2v) is 11.0. The predicted octanol–water partition coefficient (Wildman–Crippen LogP) is 7.34. The molecule has 0 bridgehead atoms. The fourth-order valence-electron chi connectivity index (χ4n) is 5.00. The number of rotatable bonds is 11. The number of phenols is 1. The maximum Gasteiger partial charge on any atom is 0.411 e. The van der Waals surface area contributed by atoms with Crippen LogP contribution in [0.15, 0.2) is 127 Å². The van der Waals surface area contributed by atoms with Crippen molar-refractivity contribution in [3.8, 4) is 11.4 Å². The fraction of sp³-hybridized carbons (Fsp3) is 0.105. The SMILES string of the molecule is O=C(NC/C=C/c1ccccc1)Nc1ccc(Cc2ccc(NC(=O)OCCc3ccc(O)c(-n4nc5ccccc5n4)c3)cc2)cc1. The maximum atomic E-state index is 12.4. The van der Waals surface area contributed by atoms with Crippen LogP contribution in [0.25, 0.3) is 22.8 Å². The van der Waals surface area contributed by atoms with Gasteiger partial charge in [-0.1, -0.05) is 84.9 Å². The molecular formula is C38H34N6O4. The zero-order valence-electron chi connectivity index (χ0n) is 26.0. The van der Waals surface area contributed by atoms with Crippen molar-refractivity contribution in [3.05, 3.63) is 150 Å². The van der Waals surface area contributed by atoms with Crippen LogP contribution in [0.4, 0.5) is 21.0 Å². The molecule has 6 rings (SSSR count). The highest BCUT2D eigenvalue weighted by Gasteiger charge is 2.11. The highest BCUT2D eigenvalue weighted by molar-refractivity contribution is 5.89. The van der Waals surface area contributed by atoms with Crippen molar-refractivity contribution in [3.63, 3.8) is 0 Å². The lowest BCUT2D eigenvalue weighted by Gasteiger charge is -2.10. The second kappa shape index (κ2) is 15.2. The number of urea groups is 1. The van der Waals surface area contributed by atoms with Crippen molar-refractivity contribution < 1.29 is 19.4 Å². The molecule has 6 aromatic rings. The lowest BCUT2D eigenvalue weighted by molar-refractivity contribution is 0.163. The first-order valence-corrected chi connectivity index (χ1v) is 15.5. The number of anilines is 2. The standard InChI is InChI=1S/C38H34N6O4/c45-36-21-16-30(26-35(36)44-42-33-10-4-5-11-34(33)43-44)22-24-48-38(47)41-32-19-14-29(15-20-32)25-28-12-17-31(18-13-28)40-37(46)39-23-6-9-27-7-2-1-3-8-27/h1-21,26,45H,22-25H2,(H,41,47)(H2,39,40,46)/b9-6+. The molecule has 0 spiro atoms. The van der Waals surface area contributed by atoms with E-state index in [-0.39, 0.29) is 18.4 Å². The molecule has 5 aromatic carbocycles. The van der Waals surface area contributed by atoms with E-state index in [2.05, 4.69) is 26.1 Å². The van der Waals surface area contributed by atoms with Crippen LogP contribution in [-0.4, -0.2) is 45.4 Å². The number of hydrogen-bond donors (Lipinski definition) is 4. The lowest BCUT2D eigenvalue weighted by Crippen LogP contribution is -2.28. The minimum absolute atomic E-state index is 0.0542. The average Bonchev–Trinajstić information content (AvgIpc) is 3.54. The van der Waals surface area contributed by atoms with E-state index in [4.69, 9.17) is 4.74 Å². The summed E-state index contributed by atoms with van der Waals surface area (Å²) in [6.07, 6.45) is 4.45. The summed E-state index contributed by atoms with van der Waals surface area (Å²) in [7, 11) is 0. The van der Waals surface area contributed by atoms with Crippen LogP contribution in [0.1, 0.15) is 22.3 Å². The number of phenolic OH excluding ortho intramolecular Hbond substituents is 1. The molecule has 0 aliphatic heterocycles. The molecule has 3 amide bonds. The van der Waals surface area contributed by atoms with Crippen LogP contribution >= 0.6 is 0 Å². The molecule has 240 valence electrons. The van der Waals surface area contributed by atoms with Gasteiger partial charge in [0.25, 0.3) is 0 Å². The molecule has 4 N–H and O–H groups in total. The van der Waals surface area contributed by atoms with E-state index in [1.807, 2.05) is 115 Å². The highest BCUT2D eigenvalue weighted by Crippen LogP contribution is 2.23. The molecule has 0 aliphatic rings. The monoisotopic (exact) mass is 638 g/mol. The number of benzene rings is 5. The van der Waals surface area contributed by atoms with E-state index in [9.17, 15) is 14.7 Å². The van der Waals surface area contributed by atoms with Gasteiger partial charge in [0.05, 0.1) is 6.61 Å². The number of ether oxygens (including phenoxy) is 1. The van der Waals surface area contributed by atoms with Gasteiger partial charge in [0, 0.05) is 24.3 Å². The van der Waals surface area contributed by atoms with E-state index >= 15 is 0 Å². The molecule has 0 saturated carbocycles. The number of amides is 3. The molecule has 0 unspecified atom stereocenters. The van der Waals surface area contributed by atoms with Crippen LogP contribution in [0, 0.1) is 0 Å². The molecule has 1 heterocycles. The van der Waals surface area contributed by atoms with Crippen molar-refractivity contribution in [1.82, 2.24) is 20.3 Å². The summed E-state index contributed by atoms with van der Waals surface area (Å²) >= 11 is 0. The Morgan fingerprint density at radius 1 is 0.729 bits per heavy atom. The Balaban J connectivity index is 0.924. The molecule has 10 heteroatoms. The van der Waals surface area contributed by atoms with Crippen molar-refractivity contribution in [2.24, 2.45) is 0 Å². The van der Waals surface area contributed by atoms with E-state index in [1.54, 1.807) is 18.2 Å². The second-order valence-electron chi connectivity index (χ2n) is 11.0. The summed E-state index contributed by atoms with van der Waals surface area (Å²) in [4.78, 5) is 26.1. The Morgan fingerprint density at radius 2 is 1.33 bits per heavy atom. The quantitative estimate of drug-likeness (QED) is 0.117. The Morgan fingerprint density at radius 3 is 2.00 bits per heavy atom. The first-order chi connectivity index (χ1) is 23.5. The molecule has 48 heavy (non-hydrogen) atoms. The van der Waals surface area contributed by atoms with Gasteiger partial charge in [0.15, 0.2) is 0 Å². The maximum absolute atomic E-state index is 12.4. The summed E-state index contributed by atoms with van der Waals surface area (Å²) < 4.78 is 5.40. The van der Waals surface area contributed by atoms with Gasteiger partial charge in [-0.25, -0.2) is 9.59 Å². The topological polar surface area (TPSA) is 130 Å². The summed E-state index contributed by atoms with van der Waals surface area (Å²) in [6, 6.07) is 37.5. The number of aromatic nitrogens is 3. The molecule has 0 saturated heterocycles. The third-order valence-electron chi connectivity index (χ3n) is 7.48. The zero-order chi connectivity index (χ0) is 33.1. The number of carbonyl (C=O) groups excluding carboxylic acids is 2. The van der Waals surface area contributed by atoms with Crippen molar-refractivity contribution >= 4 is 40.6 Å². The third kappa shape index (κ3) is 8.64. The Labute approximate surface area is 277 Å². The number of carbonyl (C=O) groups is 2. The van der Waals surface area contributed by atoms with Gasteiger partial charge in [-0.3, -0.25) is 5.32 Å². The van der Waals surface area contributed by atoms with Crippen LogP contribution in [0.3, 0.4) is 0 Å². The highest BCUT2D eigenvalue weighted by atomic mass is 16.5. The summed E-state index contributed by atoms with van der Waals surface area (Å²) in [5.41, 5.74) is 7.32. The first kappa shape index (κ1) is 31.6. The molecule has 0 radical (unpaired) electrons. The fourth-order valence-corrected chi connectivity index (χ4v) is 5.00. The molecular weight excluding hydrogens is 604 g/mol. The number of nitrogens with one attached hydrogen (secondary N) is 3. The molecule has 10 nitrogen and oxygen atoms in total. The van der Waals surface area contributed by atoms with E-state index in [0.29, 0.717) is 36.4 Å². The van der Waals surface area contributed by atoms with Crippen LogP contribution in [-0.2, 0) is 17.6 Å². The first-order valence-electron chi connectivity index (χ1n) is 15.5. The van der Waals surface area contributed by atoms with Crippen molar-refractivity contribution in [2.45, 2.75) is 12.8 Å². The zero-order valence-corrected chi connectivity index (χ0v) is 26.0. The number of aromatic hydroxyl groups is 1. The van der Waals surface area contributed by atoms with Crippen molar-refractivity contribution in [1.29, 1.82) is 0 Å². The van der Waals surface area contributed by atoms with E-state index in [0.717, 1.165) is 33.3 Å². The third-order valence-corrected chi connectivity index (χ3v) is 7.48. The minimum atomic E-state index is -0.555. The lowest BCUT2D eigenvalue weighted by atomic mass is 10.0. The van der Waals surface area contributed by atoms with Crippen molar-refractivity contribution in [2.75, 3.05) is 23.8 Å². The van der Waals surface area contributed by atoms with Crippen LogP contribution < -0.4 is 16.0 Å². The average molecular weight is 639 g/mol. The molecule has 0 aliphatic carbocycles. The number of nitrogens with zero attached hydrogens (tertiary/aromatic N) is 3. The van der Waals surface area contributed by atoms with E-state index < -0.39 is 6.09 Å². The smallest absolute Gasteiger partial charge is 0.411 e. The number of hydrogen-bond acceptors (Lipinski definition) is 6. The summed E-state index contributed by atoms with van der Waals surface area (Å²) in [6.45, 7) is 0.575. The van der Waals surface area contributed by atoms with Gasteiger partial charge in [-0.15, -0.1) is 15.0 Å². The summed E-state index contributed by atoms with van der Waals surface area (Å²) in [5.74, 6) is 0.0542. The minimum Gasteiger partial charge on any atom is -0.506 e. The summed E-state index contributed by atoms with van der Waals surface area (Å²) in [5, 5.41) is 27.7. The molecule has 0 fully saturated rings. The van der Waals surface area contributed by atoms with Gasteiger partial charge in [-0.05, 0) is 77.2 Å². The van der Waals surface area contributed by atoms with Crippen LogP contribution in [0.2, 0.25) is 0 Å². The van der Waals surface area contributed by atoms with Gasteiger partial charge in [0.2, 0.25) is 0 Å². The Bertz CT molecular complexity index is 1990. The Kier molecular flexibility index (Phi) is 10.0. The van der Waals surface area contributed by atoms with Gasteiger partial charge in [0.1, 0.15) is 22.5 Å². The molecule has 1 aromatic heterocycles. The predicted molar refractivity (Wildman–Crippen MR) is 187 cm³/mol. The molecule has 0 atom stereocenters. The van der Waals surface area contributed by atoms with Crippen LogP contribution in [0.5, 0.6) is 5.75 Å².